The Bertz CT molecular complexity index is 2430. The lowest BCUT2D eigenvalue weighted by Gasteiger charge is -2.31. The van der Waals surface area contributed by atoms with Crippen LogP contribution in [-0.2, 0) is 51.2 Å². The van der Waals surface area contributed by atoms with Crippen LogP contribution in [0.2, 0.25) is 0 Å². The normalized spacial score (nSPS) is 22.3. The number of benzene rings is 2. The number of carbonyl (C=O) groups is 8. The third-order valence-electron chi connectivity index (χ3n) is 12.0. The van der Waals surface area contributed by atoms with Crippen molar-refractivity contribution in [1.29, 1.82) is 0 Å². The van der Waals surface area contributed by atoms with Crippen LogP contribution in [0.25, 0.3) is 10.9 Å². The number of primary amides is 1. The first-order chi connectivity index (χ1) is 35.3. The van der Waals surface area contributed by atoms with Crippen molar-refractivity contribution in [2.45, 2.75) is 126 Å². The predicted molar refractivity (Wildman–Crippen MR) is 277 cm³/mol. The number of nitrogens with zero attached hydrogens (tertiary/aromatic N) is 2. The Kier molecular flexibility index (Phi) is 24.0. The lowest BCUT2D eigenvalue weighted by Crippen LogP contribution is -2.61. The molecule has 4 rings (SSSR count). The summed E-state index contributed by atoms with van der Waals surface area (Å²) in [6.07, 6.45) is 0.341. The SMILES string of the molecule is CC(=O)NC(CCCN=C(N)N)C(=O)NC1CCCCNC(=O)CC(C(N)=O)NC(=O)C(Cc2c[nH]c3ccccc23)NC(=O)C(CCCN=C(N)N)NC(=O)C(Cc2ccccc2)NC(=O)C(CCN)NC1O. The van der Waals surface area contributed by atoms with Crippen molar-refractivity contribution < 1.29 is 43.5 Å². The van der Waals surface area contributed by atoms with E-state index in [1.165, 1.54) is 6.92 Å². The molecule has 26 heteroatoms. The number of aromatic amines is 1. The number of fused-ring (bicyclic) bond motifs is 1. The molecule has 8 unspecified atom stereocenters. The van der Waals surface area contributed by atoms with E-state index in [-0.39, 0.29) is 95.9 Å². The maximum Gasteiger partial charge on any atom is 0.243 e. The number of aliphatic hydroxyl groups excluding tert-OH is 1. The number of nitrogens with one attached hydrogen (secondary N) is 9. The van der Waals surface area contributed by atoms with Crippen LogP contribution in [0.15, 0.2) is 70.8 Å². The van der Waals surface area contributed by atoms with Crippen molar-refractivity contribution in [2.24, 2.45) is 44.4 Å². The molecule has 1 aromatic heterocycles. The number of para-hydroxylation sites is 1. The number of hydrogen-bond acceptors (Lipinski definition) is 13. The molecular formula is C48H73N17O9. The molecule has 2 aromatic carbocycles. The minimum atomic E-state index is -1.63. The maximum absolute atomic E-state index is 14.6. The molecule has 0 bridgehead atoms. The quantitative estimate of drug-likeness (QED) is 0.0326. The van der Waals surface area contributed by atoms with Gasteiger partial charge in [0.15, 0.2) is 11.9 Å². The van der Waals surface area contributed by atoms with Gasteiger partial charge in [-0.1, -0.05) is 48.5 Å². The highest BCUT2D eigenvalue weighted by Gasteiger charge is 2.35. The second kappa shape index (κ2) is 30.3. The van der Waals surface area contributed by atoms with E-state index in [2.05, 4.69) is 57.5 Å². The molecule has 0 spiro atoms. The second-order valence-electron chi connectivity index (χ2n) is 18.0. The van der Waals surface area contributed by atoms with Gasteiger partial charge in [-0.15, -0.1) is 0 Å². The Hall–Kier alpha value is -7.84. The number of nitrogens with two attached hydrogens (primary N) is 6. The summed E-state index contributed by atoms with van der Waals surface area (Å²) in [5.41, 5.74) is 35.7. The van der Waals surface area contributed by atoms with Gasteiger partial charge in [-0.05, 0) is 75.1 Å². The summed E-state index contributed by atoms with van der Waals surface area (Å²) in [6.45, 7) is 1.44. The number of aliphatic hydroxyl groups is 1. The predicted octanol–water partition coefficient (Wildman–Crippen LogP) is -4.21. The number of H-pyrrole nitrogens is 1. The summed E-state index contributed by atoms with van der Waals surface area (Å²) >= 11 is 0. The molecule has 1 fully saturated rings. The number of amides is 8. The highest BCUT2D eigenvalue weighted by atomic mass is 16.3. The smallest absolute Gasteiger partial charge is 0.243 e. The number of guanidine groups is 2. The molecule has 74 heavy (non-hydrogen) atoms. The van der Waals surface area contributed by atoms with Crippen LogP contribution in [0.3, 0.4) is 0 Å². The summed E-state index contributed by atoms with van der Waals surface area (Å²) in [4.78, 5) is 121. The molecule has 0 saturated carbocycles. The molecule has 26 nitrogen and oxygen atoms in total. The largest absolute Gasteiger partial charge is 0.376 e. The molecule has 3 aromatic rings. The van der Waals surface area contributed by atoms with E-state index in [4.69, 9.17) is 34.4 Å². The summed E-state index contributed by atoms with van der Waals surface area (Å²) in [6, 6.07) is 6.89. The van der Waals surface area contributed by atoms with Gasteiger partial charge in [0.05, 0.1) is 18.5 Å². The van der Waals surface area contributed by atoms with E-state index < -0.39 is 102 Å². The van der Waals surface area contributed by atoms with Crippen molar-refractivity contribution in [3.8, 4) is 0 Å². The van der Waals surface area contributed by atoms with Crippen LogP contribution in [0.1, 0.15) is 75.8 Å². The number of carbonyl (C=O) groups excluding carboxylic acids is 8. The summed E-state index contributed by atoms with van der Waals surface area (Å²) in [7, 11) is 0. The van der Waals surface area contributed by atoms with Crippen molar-refractivity contribution in [1.82, 2.24) is 47.5 Å². The first-order valence-electron chi connectivity index (χ1n) is 24.5. The minimum Gasteiger partial charge on any atom is -0.376 e. The van der Waals surface area contributed by atoms with Gasteiger partial charge in [-0.3, -0.25) is 53.7 Å². The van der Waals surface area contributed by atoms with Crippen LogP contribution in [0.5, 0.6) is 0 Å². The molecule has 22 N–H and O–H groups in total. The number of aromatic nitrogens is 1. The summed E-state index contributed by atoms with van der Waals surface area (Å²) in [5.74, 6) is -6.47. The lowest BCUT2D eigenvalue weighted by molar-refractivity contribution is -0.135. The molecule has 0 radical (unpaired) electrons. The second-order valence-corrected chi connectivity index (χ2v) is 18.0. The van der Waals surface area contributed by atoms with Crippen molar-refractivity contribution in [3.05, 3.63) is 71.9 Å². The van der Waals surface area contributed by atoms with Crippen LogP contribution in [0, 0.1) is 0 Å². The highest BCUT2D eigenvalue weighted by Crippen LogP contribution is 2.20. The Balaban J connectivity index is 1.75. The zero-order chi connectivity index (χ0) is 54.2. The van der Waals surface area contributed by atoms with Gasteiger partial charge in [-0.2, -0.15) is 0 Å². The average Bonchev–Trinajstić information content (AvgIpc) is 3.76. The summed E-state index contributed by atoms with van der Waals surface area (Å²) in [5, 5.41) is 34.2. The highest BCUT2D eigenvalue weighted by molar-refractivity contribution is 5.97. The minimum absolute atomic E-state index is 0.0492. The van der Waals surface area contributed by atoms with E-state index in [1.54, 1.807) is 42.6 Å². The number of aliphatic imine (C=N–C) groups is 2. The molecule has 2 heterocycles. The zero-order valence-corrected chi connectivity index (χ0v) is 41.6. The standard InChI is InChI=1S/C48H73N17O9/c1-27(66)59-32(16-9-21-56-47(51)52)41(69)60-33-15-7-8-20-55-39(67)25-36(40(50)68)63-46(74)38(24-29-26-58-31-14-6-5-13-30(29)31)65-43(71)34(17-10-22-57-48(53)54)61-45(73)37(23-28-11-3-2-4-12-28)64-44(72)35(18-19-49)62-42(33)70/h2-6,11-14,26,32-38,42,58,62,70H,7-10,15-25,49H2,1H3,(H2,50,68)(H,55,67)(H,59,66)(H,60,69)(H,61,73)(H,63,74)(H,64,72)(H,65,71)(H4,51,52,56)(H4,53,54,57). The van der Waals surface area contributed by atoms with Gasteiger partial charge in [0.1, 0.15) is 36.4 Å². The topological polar surface area (TPSA) is 450 Å². The van der Waals surface area contributed by atoms with Gasteiger partial charge < -0.3 is 81.7 Å². The Morgan fingerprint density at radius 1 is 0.743 bits per heavy atom. The Morgan fingerprint density at radius 3 is 2.01 bits per heavy atom. The summed E-state index contributed by atoms with van der Waals surface area (Å²) < 4.78 is 0. The monoisotopic (exact) mass is 1030 g/mol. The van der Waals surface area contributed by atoms with E-state index in [0.717, 1.165) is 10.9 Å². The molecule has 1 saturated heterocycles. The van der Waals surface area contributed by atoms with E-state index in [0.29, 0.717) is 17.5 Å². The molecule has 404 valence electrons. The van der Waals surface area contributed by atoms with Gasteiger partial charge in [0.25, 0.3) is 0 Å². The molecular weight excluding hydrogens is 959 g/mol. The zero-order valence-electron chi connectivity index (χ0n) is 41.6. The molecule has 8 amide bonds. The van der Waals surface area contributed by atoms with Crippen molar-refractivity contribution in [2.75, 3.05) is 26.2 Å². The van der Waals surface area contributed by atoms with Gasteiger partial charge >= 0.3 is 0 Å². The van der Waals surface area contributed by atoms with Crippen LogP contribution in [0.4, 0.5) is 0 Å². The van der Waals surface area contributed by atoms with Crippen LogP contribution >= 0.6 is 0 Å². The first kappa shape index (κ1) is 58.7. The lowest BCUT2D eigenvalue weighted by atomic mass is 10.0. The van der Waals surface area contributed by atoms with Crippen molar-refractivity contribution in [3.63, 3.8) is 0 Å². The fourth-order valence-corrected chi connectivity index (χ4v) is 8.24. The third kappa shape index (κ3) is 20.0. The van der Waals surface area contributed by atoms with E-state index in [9.17, 15) is 43.5 Å². The molecule has 1 aliphatic heterocycles. The third-order valence-corrected chi connectivity index (χ3v) is 12.0. The van der Waals surface area contributed by atoms with Crippen LogP contribution < -0.4 is 76.9 Å². The Morgan fingerprint density at radius 2 is 1.35 bits per heavy atom. The fourth-order valence-electron chi connectivity index (χ4n) is 8.24. The van der Waals surface area contributed by atoms with E-state index >= 15 is 0 Å². The van der Waals surface area contributed by atoms with Gasteiger partial charge in [0, 0.05) is 56.5 Å². The van der Waals surface area contributed by atoms with Crippen molar-refractivity contribution >= 4 is 70.1 Å². The fraction of sp³-hybridized carbons (Fsp3) is 0.500. The Labute approximate surface area is 428 Å². The van der Waals surface area contributed by atoms with Crippen LogP contribution in [-0.4, -0.2) is 144 Å². The number of rotatable bonds is 18. The molecule has 0 aliphatic carbocycles. The van der Waals surface area contributed by atoms with Gasteiger partial charge in [-0.25, -0.2) is 0 Å². The average molecular weight is 1030 g/mol. The van der Waals surface area contributed by atoms with E-state index in [1.807, 2.05) is 18.2 Å². The van der Waals surface area contributed by atoms with Gasteiger partial charge in [0.2, 0.25) is 47.3 Å². The molecule has 1 aliphatic rings. The molecule has 8 atom stereocenters. The maximum atomic E-state index is 14.6. The first-order valence-corrected chi connectivity index (χ1v) is 24.5. The number of hydrogen-bond donors (Lipinski definition) is 16.